The molecule has 0 aliphatic carbocycles. The third-order valence-electron chi connectivity index (χ3n) is 1.70. The quantitative estimate of drug-likeness (QED) is 0.777. The number of aromatic nitrogens is 4. The third-order valence-corrected chi connectivity index (χ3v) is 2.56. The zero-order chi connectivity index (χ0) is 8.97. The van der Waals surface area contributed by atoms with Crippen LogP contribution in [0.15, 0.2) is 4.91 Å². The third kappa shape index (κ3) is 1.85. The number of H-pyrrole nitrogens is 1. The number of nitrogens with one attached hydrogen (secondary N) is 1. The Labute approximate surface area is 75.8 Å². The topological polar surface area (TPSA) is 54.5 Å². The number of allylic oxidation sites excluding steroid dienone is 2. The molecule has 12 heavy (non-hydrogen) atoms. The van der Waals surface area contributed by atoms with Crippen LogP contribution >= 0.6 is 11.8 Å². The summed E-state index contributed by atoms with van der Waals surface area (Å²) in [6.45, 7) is 4.16. The SMILES string of the molecule is CC/C(=C(/C)SC)c1nn[nH]n1. The summed E-state index contributed by atoms with van der Waals surface area (Å²) in [5, 5.41) is 13.9. The number of nitrogens with zero attached hydrogens (tertiary/aromatic N) is 3. The van der Waals surface area contributed by atoms with Crippen LogP contribution in [0.1, 0.15) is 26.1 Å². The fourth-order valence-corrected chi connectivity index (χ4v) is 1.46. The highest BCUT2D eigenvalue weighted by Gasteiger charge is 2.07. The molecule has 0 spiro atoms. The van der Waals surface area contributed by atoms with Crippen molar-refractivity contribution in [2.24, 2.45) is 0 Å². The van der Waals surface area contributed by atoms with Gasteiger partial charge in [-0.05, 0) is 29.7 Å². The second-order valence-electron chi connectivity index (χ2n) is 2.33. The van der Waals surface area contributed by atoms with Gasteiger partial charge in [0, 0.05) is 5.57 Å². The van der Waals surface area contributed by atoms with Crippen LogP contribution < -0.4 is 0 Å². The molecule has 1 aromatic rings. The molecular formula is C7H12N4S. The molecule has 1 rings (SSSR count). The maximum absolute atomic E-state index is 3.94. The smallest absolute Gasteiger partial charge is 0.177 e. The maximum atomic E-state index is 3.94. The predicted molar refractivity (Wildman–Crippen MR) is 50.6 cm³/mol. The van der Waals surface area contributed by atoms with Gasteiger partial charge in [0.1, 0.15) is 0 Å². The first-order valence-corrected chi connectivity index (χ1v) is 4.99. The molecule has 0 aliphatic heterocycles. The van der Waals surface area contributed by atoms with Crippen molar-refractivity contribution in [3.05, 3.63) is 10.7 Å². The lowest BCUT2D eigenvalue weighted by molar-refractivity contribution is 0.881. The molecule has 5 heteroatoms. The lowest BCUT2D eigenvalue weighted by Gasteiger charge is -2.02. The van der Waals surface area contributed by atoms with Gasteiger partial charge in [-0.1, -0.05) is 6.92 Å². The minimum Gasteiger partial charge on any atom is -0.177 e. The van der Waals surface area contributed by atoms with Crippen molar-refractivity contribution < 1.29 is 0 Å². The molecule has 4 nitrogen and oxygen atoms in total. The van der Waals surface area contributed by atoms with Crippen molar-refractivity contribution in [1.29, 1.82) is 0 Å². The number of hydrogen-bond donors (Lipinski definition) is 1. The Hall–Kier alpha value is -0.840. The minimum atomic E-state index is 0.712. The monoisotopic (exact) mass is 184 g/mol. The number of hydrogen-bond acceptors (Lipinski definition) is 4. The fourth-order valence-electron chi connectivity index (χ4n) is 0.977. The summed E-state index contributed by atoms with van der Waals surface area (Å²) in [5.74, 6) is 0.712. The molecular weight excluding hydrogens is 172 g/mol. The molecule has 0 saturated heterocycles. The van der Waals surface area contributed by atoms with E-state index < -0.39 is 0 Å². The molecule has 0 amide bonds. The van der Waals surface area contributed by atoms with Crippen LogP contribution in [0.4, 0.5) is 0 Å². The van der Waals surface area contributed by atoms with E-state index in [2.05, 4.69) is 34.5 Å². The molecule has 0 fully saturated rings. The Balaban J connectivity index is 2.98. The highest BCUT2D eigenvalue weighted by atomic mass is 32.2. The number of thioether (sulfide) groups is 1. The first-order valence-electron chi connectivity index (χ1n) is 3.77. The molecule has 1 heterocycles. The zero-order valence-corrected chi connectivity index (χ0v) is 8.27. The molecule has 1 aromatic heterocycles. The van der Waals surface area contributed by atoms with Gasteiger partial charge in [-0.25, -0.2) is 0 Å². The number of aromatic amines is 1. The van der Waals surface area contributed by atoms with Crippen LogP contribution in [0.25, 0.3) is 5.57 Å². The van der Waals surface area contributed by atoms with Crippen LogP contribution in [0.5, 0.6) is 0 Å². The molecule has 0 radical (unpaired) electrons. The highest BCUT2D eigenvalue weighted by Crippen LogP contribution is 2.24. The molecule has 0 bridgehead atoms. The second kappa shape index (κ2) is 4.25. The largest absolute Gasteiger partial charge is 0.201 e. The lowest BCUT2D eigenvalue weighted by Crippen LogP contribution is -1.89. The average molecular weight is 184 g/mol. The summed E-state index contributed by atoms with van der Waals surface area (Å²) in [5.41, 5.74) is 1.16. The number of tetrazole rings is 1. The van der Waals surface area contributed by atoms with Gasteiger partial charge in [-0.3, -0.25) is 0 Å². The minimum absolute atomic E-state index is 0.712. The molecule has 1 N–H and O–H groups in total. The summed E-state index contributed by atoms with van der Waals surface area (Å²) in [4.78, 5) is 1.25. The van der Waals surface area contributed by atoms with Crippen LogP contribution in [-0.2, 0) is 0 Å². The van der Waals surface area contributed by atoms with Crippen LogP contribution in [0.2, 0.25) is 0 Å². The maximum Gasteiger partial charge on any atom is 0.201 e. The van der Waals surface area contributed by atoms with Gasteiger partial charge in [0.05, 0.1) is 0 Å². The van der Waals surface area contributed by atoms with Gasteiger partial charge in [0.25, 0.3) is 0 Å². The van der Waals surface area contributed by atoms with E-state index in [1.165, 1.54) is 4.91 Å². The van der Waals surface area contributed by atoms with Crippen molar-refractivity contribution in [2.45, 2.75) is 20.3 Å². The van der Waals surface area contributed by atoms with Gasteiger partial charge in [0.15, 0.2) is 0 Å². The lowest BCUT2D eigenvalue weighted by atomic mass is 10.2. The first kappa shape index (κ1) is 9.25. The summed E-state index contributed by atoms with van der Waals surface area (Å²) in [7, 11) is 0. The van der Waals surface area contributed by atoms with Crippen LogP contribution in [0, 0.1) is 0 Å². The van der Waals surface area contributed by atoms with Crippen molar-refractivity contribution in [3.8, 4) is 0 Å². The van der Waals surface area contributed by atoms with E-state index >= 15 is 0 Å². The van der Waals surface area contributed by atoms with Crippen molar-refractivity contribution in [1.82, 2.24) is 20.6 Å². The molecule has 0 aromatic carbocycles. The van der Waals surface area contributed by atoms with Gasteiger partial charge in [-0.15, -0.1) is 22.0 Å². The van der Waals surface area contributed by atoms with Crippen molar-refractivity contribution >= 4 is 17.3 Å². The van der Waals surface area contributed by atoms with Crippen molar-refractivity contribution in [2.75, 3.05) is 6.26 Å². The Morgan fingerprint density at radius 3 is 2.75 bits per heavy atom. The van der Waals surface area contributed by atoms with E-state index in [0.717, 1.165) is 12.0 Å². The Bertz CT molecular complexity index is 265. The van der Waals surface area contributed by atoms with E-state index in [4.69, 9.17) is 0 Å². The summed E-state index contributed by atoms with van der Waals surface area (Å²) in [6.07, 6.45) is 2.98. The molecule has 0 aliphatic rings. The molecule has 66 valence electrons. The fraction of sp³-hybridized carbons (Fsp3) is 0.571. The normalized spacial score (nSPS) is 12.9. The highest BCUT2D eigenvalue weighted by molar-refractivity contribution is 8.02. The summed E-state index contributed by atoms with van der Waals surface area (Å²) in [6, 6.07) is 0. The Kier molecular flexibility index (Phi) is 3.28. The van der Waals surface area contributed by atoms with Crippen LogP contribution in [0.3, 0.4) is 0 Å². The molecule has 0 saturated carbocycles. The zero-order valence-electron chi connectivity index (χ0n) is 7.46. The first-order chi connectivity index (χ1) is 5.79. The Morgan fingerprint density at radius 1 is 1.58 bits per heavy atom. The van der Waals surface area contributed by atoms with E-state index in [-0.39, 0.29) is 0 Å². The van der Waals surface area contributed by atoms with Gasteiger partial charge in [-0.2, -0.15) is 5.21 Å². The standard InChI is InChI=1S/C7H12N4S/c1-4-6(5(2)12-3)7-8-10-11-9-7/h4H2,1-3H3,(H,8,9,10,11)/b6-5+. The van der Waals surface area contributed by atoms with Crippen molar-refractivity contribution in [3.63, 3.8) is 0 Å². The predicted octanol–water partition coefficient (Wildman–Crippen LogP) is 1.70. The van der Waals surface area contributed by atoms with Crippen LogP contribution in [-0.4, -0.2) is 26.9 Å². The average Bonchev–Trinajstić information content (AvgIpc) is 2.58. The van der Waals surface area contributed by atoms with Gasteiger partial charge < -0.3 is 0 Å². The van der Waals surface area contributed by atoms with E-state index in [1.54, 1.807) is 11.8 Å². The Morgan fingerprint density at radius 2 is 2.33 bits per heavy atom. The van der Waals surface area contributed by atoms with E-state index in [9.17, 15) is 0 Å². The summed E-state index contributed by atoms with van der Waals surface area (Å²) >= 11 is 1.71. The second-order valence-corrected chi connectivity index (χ2v) is 3.35. The summed E-state index contributed by atoms with van der Waals surface area (Å²) < 4.78 is 0. The van der Waals surface area contributed by atoms with Gasteiger partial charge in [0.2, 0.25) is 5.82 Å². The molecule has 0 atom stereocenters. The molecule has 0 unspecified atom stereocenters. The number of rotatable bonds is 3. The van der Waals surface area contributed by atoms with E-state index in [0.29, 0.717) is 5.82 Å². The van der Waals surface area contributed by atoms with Gasteiger partial charge >= 0.3 is 0 Å². The van der Waals surface area contributed by atoms with E-state index in [1.807, 2.05) is 6.26 Å².